The molecule has 0 unspecified atom stereocenters. The first-order valence-corrected chi connectivity index (χ1v) is 7.34. The van der Waals surface area contributed by atoms with Gasteiger partial charge in [-0.25, -0.2) is 4.39 Å². The molecule has 1 amide bonds. The highest BCUT2D eigenvalue weighted by Crippen LogP contribution is 2.27. The van der Waals surface area contributed by atoms with Gasteiger partial charge in [-0.15, -0.1) is 0 Å². The number of amides is 1. The Morgan fingerprint density at radius 3 is 2.82 bits per heavy atom. The zero-order valence-corrected chi connectivity index (χ0v) is 12.3. The highest BCUT2D eigenvalue weighted by molar-refractivity contribution is 5.93. The van der Waals surface area contributed by atoms with Gasteiger partial charge in [0.05, 0.1) is 5.69 Å². The molecule has 1 heterocycles. The molecular formula is C16H17FN2O3. The molecule has 22 heavy (non-hydrogen) atoms. The highest BCUT2D eigenvalue weighted by Gasteiger charge is 2.23. The normalized spacial score (nSPS) is 15.0. The lowest BCUT2D eigenvalue weighted by atomic mass is 9.98. The highest BCUT2D eigenvalue weighted by atomic mass is 19.1. The quantitative estimate of drug-likeness (QED) is 0.942. The Bertz CT molecular complexity index is 667. The largest absolute Gasteiger partial charge is 0.481 e. The van der Waals surface area contributed by atoms with E-state index in [0.717, 1.165) is 36.9 Å². The Hall–Kier alpha value is -2.37. The maximum Gasteiger partial charge on any atom is 0.267 e. The number of carbonyl (C=O) groups excluding carboxylic acids is 1. The number of halogens is 1. The fourth-order valence-corrected chi connectivity index (χ4v) is 2.47. The van der Waals surface area contributed by atoms with E-state index in [1.807, 2.05) is 0 Å². The first-order valence-electron chi connectivity index (χ1n) is 7.34. The second kappa shape index (κ2) is 6.17. The second-order valence-electron chi connectivity index (χ2n) is 5.35. The lowest BCUT2D eigenvalue weighted by Gasteiger charge is -2.14. The van der Waals surface area contributed by atoms with E-state index in [-0.39, 0.29) is 11.7 Å². The van der Waals surface area contributed by atoms with Crippen molar-refractivity contribution >= 4 is 11.8 Å². The van der Waals surface area contributed by atoms with Crippen LogP contribution in [0.1, 0.15) is 31.0 Å². The predicted molar refractivity (Wildman–Crippen MR) is 78.3 cm³/mol. The summed E-state index contributed by atoms with van der Waals surface area (Å²) >= 11 is 0. The summed E-state index contributed by atoms with van der Waals surface area (Å²) in [7, 11) is 0. The maximum absolute atomic E-state index is 12.8. The van der Waals surface area contributed by atoms with Gasteiger partial charge in [-0.1, -0.05) is 5.16 Å². The molecule has 116 valence electrons. The molecule has 5 nitrogen and oxygen atoms in total. The van der Waals surface area contributed by atoms with Crippen molar-refractivity contribution in [3.63, 3.8) is 0 Å². The number of hydrogen-bond donors (Lipinski definition) is 1. The van der Waals surface area contributed by atoms with Crippen LogP contribution in [0.15, 0.2) is 28.8 Å². The van der Waals surface area contributed by atoms with Crippen molar-refractivity contribution in [2.75, 3.05) is 5.32 Å². The Labute approximate surface area is 127 Å². The number of aryl methyl sites for hydroxylation is 1. The summed E-state index contributed by atoms with van der Waals surface area (Å²) in [6.07, 6.45) is 3.18. The summed E-state index contributed by atoms with van der Waals surface area (Å²) in [5.74, 6) is 0.171. The van der Waals surface area contributed by atoms with Gasteiger partial charge in [-0.2, -0.15) is 0 Å². The number of hydrogen-bond acceptors (Lipinski definition) is 4. The summed E-state index contributed by atoms with van der Waals surface area (Å²) in [4.78, 5) is 12.2. The molecule has 0 saturated carbocycles. The Morgan fingerprint density at radius 2 is 2.05 bits per heavy atom. The van der Waals surface area contributed by atoms with Crippen molar-refractivity contribution in [3.05, 3.63) is 41.3 Å². The minimum atomic E-state index is -0.727. The van der Waals surface area contributed by atoms with E-state index < -0.39 is 6.10 Å². The molecule has 1 atom stereocenters. The lowest BCUT2D eigenvalue weighted by molar-refractivity contribution is -0.122. The minimum absolute atomic E-state index is 0.325. The van der Waals surface area contributed by atoms with Crippen LogP contribution in [0.25, 0.3) is 0 Å². The van der Waals surface area contributed by atoms with Crippen LogP contribution in [0, 0.1) is 5.82 Å². The molecule has 0 radical (unpaired) electrons. The van der Waals surface area contributed by atoms with Crippen molar-refractivity contribution in [1.82, 2.24) is 5.16 Å². The molecule has 0 spiro atoms. The van der Waals surface area contributed by atoms with Gasteiger partial charge < -0.3 is 9.26 Å². The van der Waals surface area contributed by atoms with E-state index in [1.165, 1.54) is 24.3 Å². The zero-order chi connectivity index (χ0) is 15.5. The van der Waals surface area contributed by atoms with Gasteiger partial charge >= 0.3 is 0 Å². The molecule has 0 saturated heterocycles. The molecule has 1 aromatic heterocycles. The molecule has 0 fully saturated rings. The number of ether oxygens (including phenoxy) is 1. The van der Waals surface area contributed by atoms with Crippen LogP contribution in [-0.4, -0.2) is 17.2 Å². The number of benzene rings is 1. The first kappa shape index (κ1) is 14.6. The van der Waals surface area contributed by atoms with Crippen LogP contribution in [0.3, 0.4) is 0 Å². The third kappa shape index (κ3) is 3.10. The summed E-state index contributed by atoms with van der Waals surface area (Å²) in [6, 6.07) is 5.53. The van der Waals surface area contributed by atoms with Crippen LogP contribution >= 0.6 is 0 Å². The molecule has 1 aliphatic carbocycles. The minimum Gasteiger partial charge on any atom is -0.481 e. The number of carbonyl (C=O) groups is 1. The zero-order valence-electron chi connectivity index (χ0n) is 12.3. The molecule has 1 aromatic carbocycles. The summed E-state index contributed by atoms with van der Waals surface area (Å²) in [5, 5.41) is 6.70. The second-order valence-corrected chi connectivity index (χ2v) is 5.35. The SMILES string of the molecule is C[C@H](Oc1ccc(F)cc1)C(=O)Nc1onc2c1CCCC2. The number of rotatable bonds is 4. The summed E-state index contributed by atoms with van der Waals surface area (Å²) < 4.78 is 23.5. The lowest BCUT2D eigenvalue weighted by Crippen LogP contribution is -2.30. The average molecular weight is 304 g/mol. The molecule has 2 aromatic rings. The van der Waals surface area contributed by atoms with Crippen LogP contribution in [0.4, 0.5) is 10.3 Å². The van der Waals surface area contributed by atoms with Crippen molar-refractivity contribution in [3.8, 4) is 5.75 Å². The van der Waals surface area contributed by atoms with Crippen molar-refractivity contribution in [2.45, 2.75) is 38.7 Å². The number of anilines is 1. The standard InChI is InChI=1S/C16H17FN2O3/c1-10(21-12-8-6-11(17)7-9-12)15(20)18-16-13-4-2-3-5-14(13)19-22-16/h6-10H,2-5H2,1H3,(H,18,20)/t10-/m0/s1. The van der Waals surface area contributed by atoms with Crippen molar-refractivity contribution < 1.29 is 18.4 Å². The van der Waals surface area contributed by atoms with Gasteiger partial charge in [0.15, 0.2) is 6.10 Å². The third-order valence-corrected chi connectivity index (χ3v) is 3.69. The molecular weight excluding hydrogens is 287 g/mol. The van der Waals surface area contributed by atoms with E-state index in [0.29, 0.717) is 11.6 Å². The van der Waals surface area contributed by atoms with Crippen LogP contribution in [-0.2, 0) is 17.6 Å². The number of aromatic nitrogens is 1. The molecule has 1 N–H and O–H groups in total. The Kier molecular flexibility index (Phi) is 4.09. The third-order valence-electron chi connectivity index (χ3n) is 3.69. The molecule has 3 rings (SSSR count). The van der Waals surface area contributed by atoms with E-state index in [4.69, 9.17) is 9.26 Å². The average Bonchev–Trinajstić information content (AvgIpc) is 2.93. The van der Waals surface area contributed by atoms with Gasteiger partial charge in [0, 0.05) is 5.56 Å². The monoisotopic (exact) mass is 304 g/mol. The molecule has 1 aliphatic rings. The Morgan fingerprint density at radius 1 is 1.32 bits per heavy atom. The molecule has 0 aliphatic heterocycles. The van der Waals surface area contributed by atoms with E-state index in [9.17, 15) is 9.18 Å². The Balaban J connectivity index is 1.64. The fourth-order valence-electron chi connectivity index (χ4n) is 2.47. The summed E-state index contributed by atoms with van der Waals surface area (Å²) in [6.45, 7) is 1.63. The smallest absolute Gasteiger partial charge is 0.267 e. The van der Waals surface area contributed by atoms with Crippen LogP contribution < -0.4 is 10.1 Å². The van der Waals surface area contributed by atoms with E-state index in [1.54, 1.807) is 6.92 Å². The van der Waals surface area contributed by atoms with E-state index in [2.05, 4.69) is 10.5 Å². The van der Waals surface area contributed by atoms with Crippen molar-refractivity contribution in [1.29, 1.82) is 0 Å². The number of nitrogens with zero attached hydrogens (tertiary/aromatic N) is 1. The topological polar surface area (TPSA) is 64.4 Å². The summed E-state index contributed by atoms with van der Waals surface area (Å²) in [5.41, 5.74) is 1.90. The van der Waals surface area contributed by atoms with Crippen LogP contribution in [0.2, 0.25) is 0 Å². The van der Waals surface area contributed by atoms with Gasteiger partial charge in [-0.3, -0.25) is 10.1 Å². The fraction of sp³-hybridized carbons (Fsp3) is 0.375. The van der Waals surface area contributed by atoms with Gasteiger partial charge in [0.25, 0.3) is 5.91 Å². The van der Waals surface area contributed by atoms with Crippen molar-refractivity contribution in [2.24, 2.45) is 0 Å². The van der Waals surface area contributed by atoms with Gasteiger partial charge in [-0.05, 0) is 56.9 Å². The van der Waals surface area contributed by atoms with Gasteiger partial charge in [0.2, 0.25) is 5.88 Å². The predicted octanol–water partition coefficient (Wildman–Crippen LogP) is 3.10. The first-order chi connectivity index (χ1) is 10.6. The van der Waals surface area contributed by atoms with Gasteiger partial charge in [0.1, 0.15) is 11.6 Å². The molecule has 0 bridgehead atoms. The van der Waals surface area contributed by atoms with E-state index >= 15 is 0 Å². The maximum atomic E-state index is 12.8. The number of nitrogens with one attached hydrogen (secondary N) is 1. The molecule has 6 heteroatoms. The van der Waals surface area contributed by atoms with Crippen LogP contribution in [0.5, 0.6) is 5.75 Å². The number of fused-ring (bicyclic) bond motifs is 1.